The zero-order valence-electron chi connectivity index (χ0n) is 9.62. The highest BCUT2D eigenvalue weighted by atomic mass is 16.1. The Bertz CT molecular complexity index is 453. The SMILES string of the molecule is O=CCN(Cc1ccccc1)c1ccccc1. The summed E-state index contributed by atoms with van der Waals surface area (Å²) in [4.78, 5) is 12.8. The van der Waals surface area contributed by atoms with Gasteiger partial charge >= 0.3 is 0 Å². The first-order chi connectivity index (χ1) is 8.40. The van der Waals surface area contributed by atoms with Crippen LogP contribution in [0.2, 0.25) is 0 Å². The lowest BCUT2D eigenvalue weighted by Crippen LogP contribution is -2.24. The van der Waals surface area contributed by atoms with E-state index in [9.17, 15) is 4.79 Å². The predicted molar refractivity (Wildman–Crippen MR) is 70.0 cm³/mol. The van der Waals surface area contributed by atoms with Gasteiger partial charge in [-0.25, -0.2) is 0 Å². The van der Waals surface area contributed by atoms with Gasteiger partial charge in [-0.1, -0.05) is 48.5 Å². The van der Waals surface area contributed by atoms with Crippen molar-refractivity contribution >= 4 is 12.0 Å². The molecule has 2 heteroatoms. The molecule has 0 saturated carbocycles. The Hall–Kier alpha value is -2.09. The molecule has 2 aromatic carbocycles. The van der Waals surface area contributed by atoms with Crippen LogP contribution in [-0.4, -0.2) is 12.8 Å². The van der Waals surface area contributed by atoms with Crippen LogP contribution in [0.15, 0.2) is 60.7 Å². The standard InChI is InChI=1S/C15H15NO/c17-12-11-16(15-9-5-2-6-10-15)13-14-7-3-1-4-8-14/h1-10,12H,11,13H2. The van der Waals surface area contributed by atoms with Crippen LogP contribution in [0.4, 0.5) is 5.69 Å². The summed E-state index contributed by atoms with van der Waals surface area (Å²) in [6.45, 7) is 1.17. The molecule has 2 nitrogen and oxygen atoms in total. The smallest absolute Gasteiger partial charge is 0.139 e. The van der Waals surface area contributed by atoms with Crippen molar-refractivity contribution in [3.8, 4) is 0 Å². The summed E-state index contributed by atoms with van der Waals surface area (Å²) in [5.41, 5.74) is 2.28. The first-order valence-electron chi connectivity index (χ1n) is 5.67. The lowest BCUT2D eigenvalue weighted by atomic mass is 10.2. The van der Waals surface area contributed by atoms with E-state index in [2.05, 4.69) is 17.0 Å². The summed E-state index contributed by atoms with van der Waals surface area (Å²) < 4.78 is 0. The second-order valence-corrected chi connectivity index (χ2v) is 3.87. The number of aldehydes is 1. The number of rotatable bonds is 5. The molecule has 0 unspecified atom stereocenters. The maximum absolute atomic E-state index is 10.7. The van der Waals surface area contributed by atoms with E-state index in [0.717, 1.165) is 18.5 Å². The maximum Gasteiger partial charge on any atom is 0.139 e. The molecular weight excluding hydrogens is 210 g/mol. The summed E-state index contributed by atoms with van der Waals surface area (Å²) in [6.07, 6.45) is 0.940. The van der Waals surface area contributed by atoms with Crippen LogP contribution >= 0.6 is 0 Å². The highest BCUT2D eigenvalue weighted by molar-refractivity contribution is 5.61. The van der Waals surface area contributed by atoms with Crippen LogP contribution in [0, 0.1) is 0 Å². The monoisotopic (exact) mass is 225 g/mol. The highest BCUT2D eigenvalue weighted by Crippen LogP contribution is 2.15. The second-order valence-electron chi connectivity index (χ2n) is 3.87. The summed E-state index contributed by atoms with van der Waals surface area (Å²) in [7, 11) is 0. The lowest BCUT2D eigenvalue weighted by Gasteiger charge is -2.22. The lowest BCUT2D eigenvalue weighted by molar-refractivity contribution is -0.106. The molecule has 0 radical (unpaired) electrons. The molecule has 0 fully saturated rings. The van der Waals surface area contributed by atoms with E-state index >= 15 is 0 Å². The molecular formula is C15H15NO. The fraction of sp³-hybridized carbons (Fsp3) is 0.133. The maximum atomic E-state index is 10.7. The third-order valence-corrected chi connectivity index (χ3v) is 2.63. The Labute approximate surface area is 102 Å². The molecule has 0 aliphatic heterocycles. The molecule has 0 aromatic heterocycles. The average molecular weight is 225 g/mol. The quantitative estimate of drug-likeness (QED) is 0.729. The van der Waals surface area contributed by atoms with Crippen molar-refractivity contribution in [2.24, 2.45) is 0 Å². The fourth-order valence-corrected chi connectivity index (χ4v) is 1.79. The molecule has 0 saturated heterocycles. The number of carbonyl (C=O) groups is 1. The molecule has 0 bridgehead atoms. The van der Waals surface area contributed by atoms with E-state index in [0.29, 0.717) is 6.54 Å². The third kappa shape index (κ3) is 3.18. The van der Waals surface area contributed by atoms with Crippen molar-refractivity contribution in [2.75, 3.05) is 11.4 Å². The van der Waals surface area contributed by atoms with Gasteiger partial charge in [-0.05, 0) is 17.7 Å². The van der Waals surface area contributed by atoms with E-state index < -0.39 is 0 Å². The number of anilines is 1. The van der Waals surface area contributed by atoms with Crippen molar-refractivity contribution in [3.63, 3.8) is 0 Å². The second kappa shape index (κ2) is 5.85. The average Bonchev–Trinajstić information content (AvgIpc) is 2.40. The van der Waals surface area contributed by atoms with Gasteiger partial charge in [-0.15, -0.1) is 0 Å². The number of para-hydroxylation sites is 1. The minimum Gasteiger partial charge on any atom is -0.360 e. The van der Waals surface area contributed by atoms with Crippen LogP contribution in [-0.2, 0) is 11.3 Å². The zero-order valence-corrected chi connectivity index (χ0v) is 9.62. The molecule has 17 heavy (non-hydrogen) atoms. The number of carbonyl (C=O) groups excluding carboxylic acids is 1. The minimum atomic E-state index is 0.416. The Morgan fingerprint density at radius 3 is 2.06 bits per heavy atom. The molecule has 0 heterocycles. The van der Waals surface area contributed by atoms with Crippen molar-refractivity contribution in [1.82, 2.24) is 0 Å². The Morgan fingerprint density at radius 1 is 0.882 bits per heavy atom. The highest BCUT2D eigenvalue weighted by Gasteiger charge is 2.05. The van der Waals surface area contributed by atoms with E-state index in [1.54, 1.807) is 0 Å². The molecule has 0 atom stereocenters. The van der Waals surface area contributed by atoms with Crippen molar-refractivity contribution < 1.29 is 4.79 Å². The predicted octanol–water partition coefficient (Wildman–Crippen LogP) is 2.89. The fourth-order valence-electron chi connectivity index (χ4n) is 1.79. The van der Waals surface area contributed by atoms with Crippen LogP contribution in [0.3, 0.4) is 0 Å². The molecule has 86 valence electrons. The van der Waals surface area contributed by atoms with Gasteiger partial charge in [-0.3, -0.25) is 0 Å². The van der Waals surface area contributed by atoms with Gasteiger partial charge in [0.25, 0.3) is 0 Å². The van der Waals surface area contributed by atoms with E-state index in [1.165, 1.54) is 5.56 Å². The number of benzene rings is 2. The summed E-state index contributed by atoms with van der Waals surface area (Å²) >= 11 is 0. The molecule has 2 aromatic rings. The summed E-state index contributed by atoms with van der Waals surface area (Å²) in [6, 6.07) is 20.1. The van der Waals surface area contributed by atoms with E-state index in [-0.39, 0.29) is 0 Å². The van der Waals surface area contributed by atoms with Crippen LogP contribution in [0.5, 0.6) is 0 Å². The largest absolute Gasteiger partial charge is 0.360 e. The number of nitrogens with zero attached hydrogens (tertiary/aromatic N) is 1. The van der Waals surface area contributed by atoms with Gasteiger partial charge in [0.05, 0.1) is 6.54 Å². The molecule has 0 aliphatic rings. The van der Waals surface area contributed by atoms with Crippen LogP contribution in [0.25, 0.3) is 0 Å². The molecule has 0 amide bonds. The van der Waals surface area contributed by atoms with Crippen molar-refractivity contribution in [3.05, 3.63) is 66.2 Å². The Kier molecular flexibility index (Phi) is 3.92. The third-order valence-electron chi connectivity index (χ3n) is 2.63. The first-order valence-corrected chi connectivity index (χ1v) is 5.67. The Balaban J connectivity index is 2.16. The zero-order chi connectivity index (χ0) is 11.9. The summed E-state index contributed by atoms with van der Waals surface area (Å²) in [5, 5.41) is 0. The van der Waals surface area contributed by atoms with Crippen LogP contribution in [0.1, 0.15) is 5.56 Å². The summed E-state index contributed by atoms with van der Waals surface area (Å²) in [5.74, 6) is 0. The van der Waals surface area contributed by atoms with Gasteiger partial charge in [0.2, 0.25) is 0 Å². The van der Waals surface area contributed by atoms with Crippen molar-refractivity contribution in [2.45, 2.75) is 6.54 Å². The molecule has 2 rings (SSSR count). The normalized spacial score (nSPS) is 9.88. The van der Waals surface area contributed by atoms with E-state index in [1.807, 2.05) is 48.5 Å². The molecule has 0 spiro atoms. The minimum absolute atomic E-state index is 0.416. The van der Waals surface area contributed by atoms with Crippen LogP contribution < -0.4 is 4.90 Å². The first kappa shape index (κ1) is 11.4. The Morgan fingerprint density at radius 2 is 1.47 bits per heavy atom. The molecule has 0 aliphatic carbocycles. The van der Waals surface area contributed by atoms with Gasteiger partial charge in [0, 0.05) is 12.2 Å². The van der Waals surface area contributed by atoms with Gasteiger partial charge < -0.3 is 9.69 Å². The van der Waals surface area contributed by atoms with Crippen molar-refractivity contribution in [1.29, 1.82) is 0 Å². The van der Waals surface area contributed by atoms with Gasteiger partial charge in [-0.2, -0.15) is 0 Å². The topological polar surface area (TPSA) is 20.3 Å². The van der Waals surface area contributed by atoms with Gasteiger partial charge in [0.1, 0.15) is 6.29 Å². The number of hydrogen-bond acceptors (Lipinski definition) is 2. The van der Waals surface area contributed by atoms with Gasteiger partial charge in [0.15, 0.2) is 0 Å². The van der Waals surface area contributed by atoms with E-state index in [4.69, 9.17) is 0 Å². The molecule has 0 N–H and O–H groups in total. The number of hydrogen-bond donors (Lipinski definition) is 0.